The van der Waals surface area contributed by atoms with Gasteiger partial charge in [-0.25, -0.2) is 0 Å². The predicted molar refractivity (Wildman–Crippen MR) is 90.2 cm³/mol. The monoisotopic (exact) mass is 348 g/mol. The second-order valence-corrected chi connectivity index (χ2v) is 8.16. The molecule has 0 saturated heterocycles. The van der Waals surface area contributed by atoms with E-state index in [1.807, 2.05) is 20.8 Å². The largest absolute Gasteiger partial charge is 0.501 e. The topological polar surface area (TPSA) is 71.1 Å². The van der Waals surface area contributed by atoms with Gasteiger partial charge in [-0.3, -0.25) is 9.59 Å². The number of hydrogen-bond acceptors (Lipinski definition) is 6. The van der Waals surface area contributed by atoms with E-state index in [1.54, 1.807) is 0 Å². The molecule has 0 saturated carbocycles. The fourth-order valence-electron chi connectivity index (χ4n) is 1.84. The molecule has 0 aromatic heterocycles. The Bertz CT molecular complexity index is 313. The van der Waals surface area contributed by atoms with E-state index < -0.39 is 14.8 Å². The Labute approximate surface area is 141 Å². The second-order valence-electron chi connectivity index (χ2n) is 5.43. The minimum atomic E-state index is -2.72. The number of carbonyl (C=O) groups excluding carboxylic acids is 2. The highest BCUT2D eigenvalue weighted by Crippen LogP contribution is 2.19. The lowest BCUT2D eigenvalue weighted by Crippen LogP contribution is -2.46. The average Bonchev–Trinajstić information content (AvgIpc) is 2.51. The summed E-state index contributed by atoms with van der Waals surface area (Å²) < 4.78 is 22.9. The predicted octanol–water partition coefficient (Wildman–Crippen LogP) is 3.12. The van der Waals surface area contributed by atoms with Gasteiger partial charge in [0.05, 0.1) is 6.61 Å². The first-order valence-electron chi connectivity index (χ1n) is 8.56. The number of Topliss-reactive ketones (excluding diaryl/α,β-unsaturated/α-hetero) is 1. The van der Waals surface area contributed by atoms with Crippen LogP contribution < -0.4 is 0 Å². The molecule has 7 heteroatoms. The average molecular weight is 349 g/mol. The molecule has 0 rings (SSSR count). The molecule has 0 aliphatic heterocycles. The Morgan fingerprint density at radius 1 is 0.826 bits per heavy atom. The first-order chi connectivity index (χ1) is 11.0. The summed E-state index contributed by atoms with van der Waals surface area (Å²) in [4.78, 5) is 22.2. The van der Waals surface area contributed by atoms with Crippen molar-refractivity contribution in [1.82, 2.24) is 0 Å². The van der Waals surface area contributed by atoms with Crippen molar-refractivity contribution in [3.8, 4) is 0 Å². The van der Waals surface area contributed by atoms with Crippen LogP contribution in [0.25, 0.3) is 0 Å². The molecule has 6 nitrogen and oxygen atoms in total. The van der Waals surface area contributed by atoms with E-state index >= 15 is 0 Å². The van der Waals surface area contributed by atoms with Crippen LogP contribution in [-0.4, -0.2) is 47.0 Å². The third-order valence-corrected chi connectivity index (χ3v) is 5.76. The van der Waals surface area contributed by atoms with Crippen LogP contribution in [0.1, 0.15) is 59.8 Å². The van der Waals surface area contributed by atoms with Crippen LogP contribution in [-0.2, 0) is 27.6 Å². The Balaban J connectivity index is 4.45. The van der Waals surface area contributed by atoms with Crippen LogP contribution >= 0.6 is 0 Å². The number of hydrogen-bond donors (Lipinski definition) is 0. The molecule has 0 aromatic carbocycles. The van der Waals surface area contributed by atoms with Crippen molar-refractivity contribution in [2.45, 2.75) is 65.8 Å². The van der Waals surface area contributed by atoms with Crippen LogP contribution in [0.15, 0.2) is 0 Å². The van der Waals surface area contributed by atoms with Crippen molar-refractivity contribution in [3.63, 3.8) is 0 Å². The molecule has 0 aliphatic carbocycles. The van der Waals surface area contributed by atoms with E-state index in [1.165, 1.54) is 6.92 Å². The van der Waals surface area contributed by atoms with Crippen LogP contribution in [0, 0.1) is 0 Å². The lowest BCUT2D eigenvalue weighted by atomic mass is 10.3. The van der Waals surface area contributed by atoms with E-state index in [-0.39, 0.29) is 18.8 Å². The maximum absolute atomic E-state index is 11.4. The number of ether oxygens (including phenoxy) is 1. The number of rotatable bonds is 15. The van der Waals surface area contributed by atoms with Crippen molar-refractivity contribution in [3.05, 3.63) is 0 Å². The van der Waals surface area contributed by atoms with Gasteiger partial charge in [0.2, 0.25) is 0 Å². The van der Waals surface area contributed by atoms with Gasteiger partial charge in [0, 0.05) is 25.9 Å². The molecule has 0 amide bonds. The standard InChI is InChI=1S/C16H32O6Si/c1-5-9-20-23(21-10-6-2,22-11-7-3)13-8-12-19-16(18)14-15(4)17/h5-14H2,1-4H3. The molecular weight excluding hydrogens is 316 g/mol. The summed E-state index contributed by atoms with van der Waals surface area (Å²) in [6, 6.07) is 0.611. The fraction of sp³-hybridized carbons (Fsp3) is 0.875. The van der Waals surface area contributed by atoms with Gasteiger partial charge in [0.1, 0.15) is 12.2 Å². The van der Waals surface area contributed by atoms with E-state index in [0.29, 0.717) is 32.3 Å². The van der Waals surface area contributed by atoms with E-state index in [2.05, 4.69) is 0 Å². The normalized spacial score (nSPS) is 11.5. The van der Waals surface area contributed by atoms with Gasteiger partial charge in [-0.15, -0.1) is 0 Å². The summed E-state index contributed by atoms with van der Waals surface area (Å²) in [6.45, 7) is 9.56. The lowest BCUT2D eigenvalue weighted by Gasteiger charge is -2.29. The highest BCUT2D eigenvalue weighted by Gasteiger charge is 2.40. The highest BCUT2D eigenvalue weighted by atomic mass is 28.4. The molecule has 136 valence electrons. The van der Waals surface area contributed by atoms with Crippen molar-refractivity contribution in [2.24, 2.45) is 0 Å². The third-order valence-electron chi connectivity index (χ3n) is 2.86. The van der Waals surface area contributed by atoms with E-state index in [4.69, 9.17) is 18.0 Å². The molecule has 0 fully saturated rings. The zero-order chi connectivity index (χ0) is 17.6. The smallest absolute Gasteiger partial charge is 0.465 e. The molecule has 0 unspecified atom stereocenters. The number of ketones is 1. The van der Waals surface area contributed by atoms with E-state index in [9.17, 15) is 9.59 Å². The van der Waals surface area contributed by atoms with E-state index in [0.717, 1.165) is 19.3 Å². The van der Waals surface area contributed by atoms with Gasteiger partial charge in [-0.2, -0.15) is 0 Å². The second kappa shape index (κ2) is 13.7. The maximum atomic E-state index is 11.4. The molecular formula is C16H32O6Si. The zero-order valence-corrected chi connectivity index (χ0v) is 16.0. The fourth-order valence-corrected chi connectivity index (χ4v) is 4.65. The molecule has 0 heterocycles. The quantitative estimate of drug-likeness (QED) is 0.196. The molecule has 23 heavy (non-hydrogen) atoms. The van der Waals surface area contributed by atoms with Crippen molar-refractivity contribution >= 4 is 20.6 Å². The SMILES string of the molecule is CCCO[Si](CCCOC(=O)CC(C)=O)(OCCC)OCCC. The van der Waals surface area contributed by atoms with Gasteiger partial charge in [0.15, 0.2) is 0 Å². The van der Waals surface area contributed by atoms with Gasteiger partial charge in [-0.1, -0.05) is 20.8 Å². The summed E-state index contributed by atoms with van der Waals surface area (Å²) in [6.07, 6.45) is 3.12. The maximum Gasteiger partial charge on any atom is 0.501 e. The van der Waals surface area contributed by atoms with Gasteiger partial charge in [-0.05, 0) is 32.6 Å². The van der Waals surface area contributed by atoms with Gasteiger partial charge < -0.3 is 18.0 Å². The first kappa shape index (κ1) is 22.2. The summed E-state index contributed by atoms with van der Waals surface area (Å²) in [5, 5.41) is 0. The molecule has 0 spiro atoms. The lowest BCUT2D eigenvalue weighted by molar-refractivity contribution is -0.145. The van der Waals surface area contributed by atoms with Crippen LogP contribution in [0.2, 0.25) is 6.04 Å². The number of carbonyl (C=O) groups is 2. The molecule has 0 atom stereocenters. The minimum Gasteiger partial charge on any atom is -0.465 e. The summed E-state index contributed by atoms with van der Waals surface area (Å²) in [5.74, 6) is -0.675. The van der Waals surface area contributed by atoms with Crippen molar-refractivity contribution < 1.29 is 27.6 Å². The zero-order valence-electron chi connectivity index (χ0n) is 15.0. The Morgan fingerprint density at radius 2 is 1.30 bits per heavy atom. The minimum absolute atomic E-state index is 0.173. The number of esters is 1. The molecule has 0 N–H and O–H groups in total. The third kappa shape index (κ3) is 11.4. The van der Waals surface area contributed by atoms with Crippen LogP contribution in [0.3, 0.4) is 0 Å². The van der Waals surface area contributed by atoms with Crippen molar-refractivity contribution in [2.75, 3.05) is 26.4 Å². The molecule has 0 bridgehead atoms. The van der Waals surface area contributed by atoms with Gasteiger partial charge in [0.25, 0.3) is 0 Å². The highest BCUT2D eigenvalue weighted by molar-refractivity contribution is 6.60. The van der Waals surface area contributed by atoms with Crippen LogP contribution in [0.4, 0.5) is 0 Å². The van der Waals surface area contributed by atoms with Gasteiger partial charge >= 0.3 is 14.8 Å². The first-order valence-corrected chi connectivity index (χ1v) is 10.5. The molecule has 0 radical (unpaired) electrons. The molecule has 0 aliphatic rings. The Hall–Kier alpha value is -0.763. The Morgan fingerprint density at radius 3 is 1.70 bits per heavy atom. The summed E-state index contributed by atoms with van der Waals surface area (Å²) in [5.41, 5.74) is 0. The molecule has 0 aromatic rings. The summed E-state index contributed by atoms with van der Waals surface area (Å²) >= 11 is 0. The summed E-state index contributed by atoms with van der Waals surface area (Å²) in [7, 11) is -2.72. The van der Waals surface area contributed by atoms with Crippen LogP contribution in [0.5, 0.6) is 0 Å². The van der Waals surface area contributed by atoms with Crippen molar-refractivity contribution in [1.29, 1.82) is 0 Å². The Kier molecular flexibility index (Phi) is 13.2.